The summed E-state index contributed by atoms with van der Waals surface area (Å²) < 4.78 is 13.8. The average molecular weight is 417 g/mol. The van der Waals surface area contributed by atoms with Gasteiger partial charge in [-0.1, -0.05) is 48.5 Å². The molecule has 0 bridgehead atoms. The molecule has 0 fully saturated rings. The topological polar surface area (TPSA) is 29.1 Å². The number of benzene rings is 3. The van der Waals surface area contributed by atoms with Crippen molar-refractivity contribution in [3.63, 3.8) is 0 Å². The Balaban J connectivity index is 1.93. The van der Waals surface area contributed by atoms with Gasteiger partial charge in [0, 0.05) is 14.8 Å². The number of carbonyl (C=O) groups excluding carboxylic acids is 1. The molecule has 0 aliphatic rings. The van der Waals surface area contributed by atoms with Gasteiger partial charge in [-0.15, -0.1) is 0 Å². The average Bonchev–Trinajstić information content (AvgIpc) is 2.56. The lowest BCUT2D eigenvalue weighted by molar-refractivity contribution is 0.102. The number of hydrogen-bond acceptors (Lipinski definition) is 1. The Hall–Kier alpha value is -2.21. The molecular formula is C19H13FINO. The first-order valence-corrected chi connectivity index (χ1v) is 8.14. The Labute approximate surface area is 147 Å². The minimum absolute atomic E-state index is 0.252. The van der Waals surface area contributed by atoms with E-state index in [0.717, 1.165) is 16.8 Å². The van der Waals surface area contributed by atoms with E-state index in [4.69, 9.17) is 0 Å². The fourth-order valence-electron chi connectivity index (χ4n) is 2.32. The van der Waals surface area contributed by atoms with E-state index >= 15 is 0 Å². The first-order chi connectivity index (χ1) is 11.1. The van der Waals surface area contributed by atoms with Crippen LogP contribution in [0.1, 0.15) is 10.4 Å². The highest BCUT2D eigenvalue weighted by Gasteiger charge is 2.13. The van der Waals surface area contributed by atoms with Crippen LogP contribution in [-0.2, 0) is 0 Å². The molecule has 1 N–H and O–H groups in total. The highest BCUT2D eigenvalue weighted by Crippen LogP contribution is 2.28. The third kappa shape index (κ3) is 3.59. The Bertz CT molecular complexity index is 849. The summed E-state index contributed by atoms with van der Waals surface area (Å²) in [5.41, 5.74) is 3.15. The third-order valence-electron chi connectivity index (χ3n) is 3.44. The van der Waals surface area contributed by atoms with Crippen LogP contribution in [0.2, 0.25) is 0 Å². The number of para-hydroxylation sites is 1. The zero-order valence-electron chi connectivity index (χ0n) is 12.1. The zero-order valence-corrected chi connectivity index (χ0v) is 14.2. The van der Waals surface area contributed by atoms with Gasteiger partial charge in [-0.25, -0.2) is 4.39 Å². The summed E-state index contributed by atoms with van der Waals surface area (Å²) in [4.78, 5) is 12.5. The summed E-state index contributed by atoms with van der Waals surface area (Å²) in [7, 11) is 0. The van der Waals surface area contributed by atoms with E-state index in [0.29, 0.717) is 9.13 Å². The van der Waals surface area contributed by atoms with Crippen LogP contribution in [0.3, 0.4) is 0 Å². The highest BCUT2D eigenvalue weighted by atomic mass is 127. The van der Waals surface area contributed by atoms with Crippen molar-refractivity contribution in [3.05, 3.63) is 87.7 Å². The fourth-order valence-corrected chi connectivity index (χ4v) is 3.05. The Morgan fingerprint density at radius 2 is 1.61 bits per heavy atom. The smallest absolute Gasteiger partial charge is 0.256 e. The quantitative estimate of drug-likeness (QED) is 0.572. The second-order valence-electron chi connectivity index (χ2n) is 4.99. The maximum absolute atomic E-state index is 13.2. The second kappa shape index (κ2) is 6.91. The van der Waals surface area contributed by atoms with Crippen LogP contribution in [0, 0.1) is 9.39 Å². The Morgan fingerprint density at radius 3 is 2.35 bits per heavy atom. The van der Waals surface area contributed by atoms with Gasteiger partial charge < -0.3 is 5.32 Å². The molecule has 0 radical (unpaired) electrons. The molecule has 0 spiro atoms. The molecule has 3 aromatic rings. The van der Waals surface area contributed by atoms with Gasteiger partial charge in [-0.3, -0.25) is 4.79 Å². The van der Waals surface area contributed by atoms with E-state index in [1.54, 1.807) is 0 Å². The van der Waals surface area contributed by atoms with E-state index in [1.165, 1.54) is 18.2 Å². The summed E-state index contributed by atoms with van der Waals surface area (Å²) in [6.45, 7) is 0. The molecule has 4 heteroatoms. The number of amides is 1. The van der Waals surface area contributed by atoms with Crippen LogP contribution in [0.25, 0.3) is 11.1 Å². The first-order valence-electron chi connectivity index (χ1n) is 7.06. The van der Waals surface area contributed by atoms with E-state index in [2.05, 4.69) is 5.32 Å². The highest BCUT2D eigenvalue weighted by molar-refractivity contribution is 14.1. The van der Waals surface area contributed by atoms with Crippen molar-refractivity contribution in [3.8, 4) is 11.1 Å². The van der Waals surface area contributed by atoms with Gasteiger partial charge in [0.2, 0.25) is 0 Å². The van der Waals surface area contributed by atoms with Crippen LogP contribution in [0.4, 0.5) is 10.1 Å². The molecule has 0 aliphatic heterocycles. The van der Waals surface area contributed by atoms with Crippen molar-refractivity contribution in [2.24, 2.45) is 0 Å². The molecule has 0 saturated heterocycles. The number of carbonyl (C=O) groups is 1. The van der Waals surface area contributed by atoms with E-state index in [1.807, 2.05) is 77.2 Å². The van der Waals surface area contributed by atoms with Gasteiger partial charge in [-0.05, 0) is 52.4 Å². The fraction of sp³-hybridized carbons (Fsp3) is 0. The molecule has 0 aliphatic carbocycles. The lowest BCUT2D eigenvalue weighted by atomic mass is 10.0. The lowest BCUT2D eigenvalue weighted by Crippen LogP contribution is -2.14. The zero-order chi connectivity index (χ0) is 16.2. The van der Waals surface area contributed by atoms with Crippen molar-refractivity contribution in [2.75, 3.05) is 5.32 Å². The van der Waals surface area contributed by atoms with Gasteiger partial charge in [0.05, 0.1) is 5.56 Å². The molecule has 0 atom stereocenters. The molecule has 0 aromatic heterocycles. The minimum Gasteiger partial charge on any atom is -0.321 e. The van der Waals surface area contributed by atoms with E-state index in [-0.39, 0.29) is 11.7 Å². The Kier molecular flexibility index (Phi) is 4.71. The molecule has 3 rings (SSSR count). The second-order valence-corrected chi connectivity index (χ2v) is 6.15. The molecule has 2 nitrogen and oxygen atoms in total. The van der Waals surface area contributed by atoms with Crippen LogP contribution in [0.5, 0.6) is 0 Å². The van der Waals surface area contributed by atoms with Gasteiger partial charge >= 0.3 is 0 Å². The molecule has 114 valence electrons. The van der Waals surface area contributed by atoms with Crippen molar-refractivity contribution in [1.82, 2.24) is 0 Å². The standard InChI is InChI=1S/C19H13FINO/c20-14-10-11-16(17(21)12-14)19(23)22-18-9-5-4-8-15(18)13-6-2-1-3-7-13/h1-12H,(H,22,23). The van der Waals surface area contributed by atoms with Gasteiger partial charge in [0.25, 0.3) is 5.91 Å². The predicted molar refractivity (Wildman–Crippen MR) is 98.9 cm³/mol. The maximum Gasteiger partial charge on any atom is 0.256 e. The van der Waals surface area contributed by atoms with Crippen LogP contribution < -0.4 is 5.32 Å². The largest absolute Gasteiger partial charge is 0.321 e. The van der Waals surface area contributed by atoms with Crippen molar-refractivity contribution >= 4 is 34.2 Å². The van der Waals surface area contributed by atoms with Crippen molar-refractivity contribution in [1.29, 1.82) is 0 Å². The number of rotatable bonds is 3. The third-order valence-corrected chi connectivity index (χ3v) is 4.33. The molecule has 0 heterocycles. The first kappa shape index (κ1) is 15.7. The monoisotopic (exact) mass is 417 g/mol. The number of anilines is 1. The van der Waals surface area contributed by atoms with Crippen molar-refractivity contribution < 1.29 is 9.18 Å². The Morgan fingerprint density at radius 1 is 0.913 bits per heavy atom. The SMILES string of the molecule is O=C(Nc1ccccc1-c1ccccc1)c1ccc(F)cc1I. The molecule has 0 unspecified atom stereocenters. The molecular weight excluding hydrogens is 404 g/mol. The van der Waals surface area contributed by atoms with Crippen LogP contribution >= 0.6 is 22.6 Å². The van der Waals surface area contributed by atoms with Crippen LogP contribution in [-0.4, -0.2) is 5.91 Å². The normalized spacial score (nSPS) is 10.3. The molecule has 1 amide bonds. The summed E-state index contributed by atoms with van der Waals surface area (Å²) in [6, 6.07) is 21.6. The maximum atomic E-state index is 13.2. The summed E-state index contributed by atoms with van der Waals surface area (Å²) in [5.74, 6) is -0.603. The van der Waals surface area contributed by atoms with Crippen molar-refractivity contribution in [2.45, 2.75) is 0 Å². The van der Waals surface area contributed by atoms with Gasteiger partial charge in [0.15, 0.2) is 0 Å². The molecule has 23 heavy (non-hydrogen) atoms. The summed E-state index contributed by atoms with van der Waals surface area (Å²) in [6.07, 6.45) is 0. The van der Waals surface area contributed by atoms with E-state index in [9.17, 15) is 9.18 Å². The summed E-state index contributed by atoms with van der Waals surface area (Å²) >= 11 is 1.96. The predicted octanol–water partition coefficient (Wildman–Crippen LogP) is 5.35. The van der Waals surface area contributed by atoms with Gasteiger partial charge in [-0.2, -0.15) is 0 Å². The minimum atomic E-state index is -0.351. The van der Waals surface area contributed by atoms with E-state index < -0.39 is 0 Å². The number of nitrogens with one attached hydrogen (secondary N) is 1. The molecule has 3 aromatic carbocycles. The number of halogens is 2. The van der Waals surface area contributed by atoms with Gasteiger partial charge in [0.1, 0.15) is 5.82 Å². The number of hydrogen-bond donors (Lipinski definition) is 1. The van der Waals surface area contributed by atoms with Crippen LogP contribution in [0.15, 0.2) is 72.8 Å². The molecule has 0 saturated carbocycles. The lowest BCUT2D eigenvalue weighted by Gasteiger charge is -2.12. The summed E-state index contributed by atoms with van der Waals surface area (Å²) in [5, 5.41) is 2.92.